The summed E-state index contributed by atoms with van der Waals surface area (Å²) in [7, 11) is 2.90. The largest absolute Gasteiger partial charge is 0.480 e. The van der Waals surface area contributed by atoms with Crippen LogP contribution in [0.1, 0.15) is 0 Å². The Bertz CT molecular complexity index is 989. The van der Waals surface area contributed by atoms with Crippen molar-refractivity contribution in [2.24, 2.45) is 12.8 Å². The van der Waals surface area contributed by atoms with Crippen LogP contribution in [-0.4, -0.2) is 107 Å². The van der Waals surface area contributed by atoms with Gasteiger partial charge in [0.1, 0.15) is 11.4 Å². The number of nitrogens with zero attached hydrogens (tertiary/aromatic N) is 5. The van der Waals surface area contributed by atoms with Crippen LogP contribution in [0.3, 0.4) is 0 Å². The first-order valence-electron chi connectivity index (χ1n) is 9.29. The lowest BCUT2D eigenvalue weighted by atomic mass is 9.95. The van der Waals surface area contributed by atoms with E-state index in [4.69, 9.17) is 15.6 Å². The molecule has 1 aromatic rings. The number of rotatable bonds is 11. The van der Waals surface area contributed by atoms with Gasteiger partial charge in [-0.3, -0.25) is 14.4 Å². The van der Waals surface area contributed by atoms with Crippen LogP contribution in [0.15, 0.2) is 16.1 Å². The summed E-state index contributed by atoms with van der Waals surface area (Å²) in [6.45, 7) is 0. The monoisotopic (exact) mass is 519 g/mol. The number of aliphatic carboxylic acids is 2. The van der Waals surface area contributed by atoms with Crippen LogP contribution >= 0.6 is 35.3 Å². The molecule has 33 heavy (non-hydrogen) atoms. The smallest absolute Gasteiger partial charge is 0.330 e. The molecule has 1 unspecified atom stereocenters. The van der Waals surface area contributed by atoms with Crippen molar-refractivity contribution < 1.29 is 34.1 Å². The predicted molar refractivity (Wildman–Crippen MR) is 118 cm³/mol. The number of thioether (sulfide) groups is 3. The molecule has 2 amide bonds. The zero-order chi connectivity index (χ0) is 24.3. The molecule has 5 N–H and O–H groups in total. The van der Waals surface area contributed by atoms with Gasteiger partial charge in [0.15, 0.2) is 6.04 Å². The number of carbonyl (C=O) groups is 4. The third kappa shape index (κ3) is 4.96. The number of aryl methyl sites for hydroxylation is 1. The third-order valence-corrected chi connectivity index (χ3v) is 8.21. The Labute approximate surface area is 200 Å². The summed E-state index contributed by atoms with van der Waals surface area (Å²) in [5.41, 5.74) is 4.15. The van der Waals surface area contributed by atoms with Gasteiger partial charge in [0.05, 0.1) is 5.75 Å². The van der Waals surface area contributed by atoms with E-state index in [2.05, 4.69) is 20.8 Å². The van der Waals surface area contributed by atoms with Crippen molar-refractivity contribution in [3.05, 3.63) is 11.0 Å². The SMILES string of the molecule is CO[C@@]1(NC(=O)CSC[C@H](N)C(=O)O)C(=O)N2C(C(=O)O)C(CSc3nnnn3C)=CS[C@@H]21. The molecule has 14 nitrogen and oxygen atoms in total. The fourth-order valence-corrected chi connectivity index (χ4v) is 6.22. The maximum absolute atomic E-state index is 13.0. The van der Waals surface area contributed by atoms with E-state index in [1.165, 1.54) is 23.6 Å². The quantitative estimate of drug-likeness (QED) is 0.144. The minimum atomic E-state index is -1.73. The van der Waals surface area contributed by atoms with Crippen LogP contribution < -0.4 is 11.1 Å². The Kier molecular flexibility index (Phi) is 7.88. The van der Waals surface area contributed by atoms with Crippen LogP contribution in [0, 0.1) is 0 Å². The number of tetrazole rings is 1. The summed E-state index contributed by atoms with van der Waals surface area (Å²) in [6, 6.07) is -2.36. The predicted octanol–water partition coefficient (Wildman–Crippen LogP) is -1.84. The van der Waals surface area contributed by atoms with Gasteiger partial charge in [0, 0.05) is 25.7 Å². The number of β-lactam (4-membered cyclic amide) rings is 1. The van der Waals surface area contributed by atoms with Gasteiger partial charge in [-0.25, -0.2) is 9.48 Å². The van der Waals surface area contributed by atoms with Crippen molar-refractivity contribution in [2.45, 2.75) is 28.3 Å². The number of nitrogens with two attached hydrogens (primary N) is 1. The highest BCUT2D eigenvalue weighted by atomic mass is 32.2. The summed E-state index contributed by atoms with van der Waals surface area (Å²) in [4.78, 5) is 49.4. The number of amides is 2. The van der Waals surface area contributed by atoms with Crippen molar-refractivity contribution in [2.75, 3.05) is 24.4 Å². The first-order chi connectivity index (χ1) is 15.6. The number of fused-ring (bicyclic) bond motifs is 1. The van der Waals surface area contributed by atoms with Crippen molar-refractivity contribution in [3.8, 4) is 0 Å². The number of hydrogen-bond acceptors (Lipinski definition) is 12. The van der Waals surface area contributed by atoms with Gasteiger partial charge < -0.3 is 30.9 Å². The van der Waals surface area contributed by atoms with E-state index < -0.39 is 46.9 Å². The average Bonchev–Trinajstić information content (AvgIpc) is 3.19. The highest BCUT2D eigenvalue weighted by Crippen LogP contribution is 2.47. The minimum absolute atomic E-state index is 0.00682. The number of aromatic nitrogens is 4. The van der Waals surface area contributed by atoms with Crippen molar-refractivity contribution in [1.29, 1.82) is 0 Å². The van der Waals surface area contributed by atoms with E-state index in [1.807, 2.05) is 0 Å². The van der Waals surface area contributed by atoms with Gasteiger partial charge >= 0.3 is 11.9 Å². The molecular weight excluding hydrogens is 498 g/mol. The lowest BCUT2D eigenvalue weighted by Gasteiger charge is -2.57. The second-order valence-corrected chi connectivity index (χ2v) is 9.88. The molecule has 0 saturated carbocycles. The Hall–Kier alpha value is -2.34. The molecule has 1 fully saturated rings. The molecule has 0 aromatic carbocycles. The van der Waals surface area contributed by atoms with E-state index in [0.29, 0.717) is 10.7 Å². The standard InChI is InChI=1S/C16H21N7O7S3/c1-22-15(19-20-21-22)33-4-7-3-32-14-16(30-2,13(29)23(14)10(7)12(27)28)18-9(24)6-31-5-8(17)11(25)26/h3,8,10,14H,4-6,17H2,1-2H3,(H,18,24)(H,25,26)(H,27,28)/t8-,10?,14+,16-/m0/s1. The molecule has 17 heteroatoms. The van der Waals surface area contributed by atoms with Gasteiger partial charge in [-0.1, -0.05) is 11.8 Å². The number of carbonyl (C=O) groups excluding carboxylic acids is 2. The fraction of sp³-hybridized carbons (Fsp3) is 0.562. The topological polar surface area (TPSA) is 203 Å². The molecule has 2 aliphatic heterocycles. The summed E-state index contributed by atoms with van der Waals surface area (Å²) < 4.78 is 6.81. The highest BCUT2D eigenvalue weighted by molar-refractivity contribution is 8.03. The lowest BCUT2D eigenvalue weighted by molar-refractivity contribution is -0.201. The Morgan fingerprint density at radius 1 is 1.42 bits per heavy atom. The van der Waals surface area contributed by atoms with Crippen LogP contribution in [0.4, 0.5) is 0 Å². The number of hydrogen-bond donors (Lipinski definition) is 4. The maximum atomic E-state index is 13.0. The van der Waals surface area contributed by atoms with Crippen molar-refractivity contribution in [3.63, 3.8) is 0 Å². The Morgan fingerprint density at radius 2 is 2.15 bits per heavy atom. The summed E-state index contributed by atoms with van der Waals surface area (Å²) in [5, 5.41) is 33.6. The van der Waals surface area contributed by atoms with E-state index in [1.54, 1.807) is 12.5 Å². The highest BCUT2D eigenvalue weighted by Gasteiger charge is 2.67. The first-order valence-corrected chi connectivity index (χ1v) is 12.4. The van der Waals surface area contributed by atoms with Crippen LogP contribution in [-0.2, 0) is 31.0 Å². The van der Waals surface area contributed by atoms with Crippen LogP contribution in [0.5, 0.6) is 0 Å². The van der Waals surface area contributed by atoms with E-state index >= 15 is 0 Å². The van der Waals surface area contributed by atoms with E-state index in [-0.39, 0.29) is 17.3 Å². The molecule has 1 saturated heterocycles. The Morgan fingerprint density at radius 3 is 2.73 bits per heavy atom. The van der Waals surface area contributed by atoms with E-state index in [9.17, 15) is 24.3 Å². The molecule has 1 aromatic heterocycles. The first kappa shape index (κ1) is 25.3. The molecule has 3 rings (SSSR count). The fourth-order valence-electron chi connectivity index (χ4n) is 3.17. The third-order valence-electron chi connectivity index (χ3n) is 4.81. The number of carboxylic acid groups (broad SMARTS) is 2. The summed E-state index contributed by atoms with van der Waals surface area (Å²) in [5.74, 6) is -3.57. The van der Waals surface area contributed by atoms with Gasteiger partial charge in [0.2, 0.25) is 11.1 Å². The molecular formula is C16H21N7O7S3. The molecule has 0 radical (unpaired) electrons. The second-order valence-electron chi connectivity index (χ2n) is 6.96. The number of nitrogens with one attached hydrogen (secondary N) is 1. The Balaban J connectivity index is 1.69. The molecule has 0 aliphatic carbocycles. The summed E-state index contributed by atoms with van der Waals surface area (Å²) >= 11 is 3.38. The minimum Gasteiger partial charge on any atom is -0.480 e. The normalized spacial score (nSPS) is 25.0. The molecule has 180 valence electrons. The molecule has 4 atom stereocenters. The van der Waals surface area contributed by atoms with Crippen LogP contribution in [0.2, 0.25) is 0 Å². The second kappa shape index (κ2) is 10.3. The van der Waals surface area contributed by atoms with Gasteiger partial charge in [-0.2, -0.15) is 0 Å². The number of carboxylic acids is 2. The van der Waals surface area contributed by atoms with Crippen LogP contribution in [0.25, 0.3) is 0 Å². The molecule has 3 heterocycles. The molecule has 0 spiro atoms. The van der Waals surface area contributed by atoms with Gasteiger partial charge in [-0.05, 0) is 21.4 Å². The van der Waals surface area contributed by atoms with Crippen molar-refractivity contribution >= 4 is 59.0 Å². The van der Waals surface area contributed by atoms with Gasteiger partial charge in [0.25, 0.3) is 11.6 Å². The van der Waals surface area contributed by atoms with E-state index in [0.717, 1.165) is 28.4 Å². The maximum Gasteiger partial charge on any atom is 0.330 e. The molecule has 2 aliphatic rings. The number of ether oxygens (including phenoxy) is 1. The lowest BCUT2D eigenvalue weighted by Crippen LogP contribution is -2.83. The summed E-state index contributed by atoms with van der Waals surface area (Å²) in [6.07, 6.45) is 0. The van der Waals surface area contributed by atoms with Gasteiger partial charge in [-0.15, -0.1) is 28.6 Å². The number of methoxy groups -OCH3 is 1. The average molecular weight is 520 g/mol. The zero-order valence-corrected chi connectivity index (χ0v) is 19.9. The van der Waals surface area contributed by atoms with Crippen molar-refractivity contribution in [1.82, 2.24) is 30.4 Å². The zero-order valence-electron chi connectivity index (χ0n) is 17.4. The molecule has 0 bridgehead atoms.